The topological polar surface area (TPSA) is 84.2 Å². The predicted octanol–water partition coefficient (Wildman–Crippen LogP) is 1.75. The van der Waals surface area contributed by atoms with Gasteiger partial charge in [0.1, 0.15) is 11.8 Å². The molecule has 0 radical (unpaired) electrons. The first-order chi connectivity index (χ1) is 10.6. The molecule has 0 aliphatic rings. The number of hydrogen-bond acceptors (Lipinski definition) is 4. The number of nitrogens with zero attached hydrogens (tertiary/aromatic N) is 1. The molecule has 0 bridgehead atoms. The fourth-order valence-electron chi connectivity index (χ4n) is 1.95. The van der Waals surface area contributed by atoms with E-state index in [9.17, 15) is 9.59 Å². The Morgan fingerprint density at radius 3 is 2.68 bits per heavy atom. The van der Waals surface area contributed by atoms with Crippen LogP contribution in [-0.2, 0) is 11.3 Å². The Labute approximate surface area is 128 Å². The van der Waals surface area contributed by atoms with Gasteiger partial charge >= 0.3 is 0 Å². The lowest BCUT2D eigenvalue weighted by Crippen LogP contribution is -2.49. The fourth-order valence-corrected chi connectivity index (χ4v) is 1.95. The molecule has 2 heterocycles. The van der Waals surface area contributed by atoms with Crippen molar-refractivity contribution in [2.75, 3.05) is 0 Å². The van der Waals surface area contributed by atoms with Crippen LogP contribution < -0.4 is 10.6 Å². The lowest BCUT2D eigenvalue weighted by molar-refractivity contribution is -0.124. The highest BCUT2D eigenvalue weighted by molar-refractivity contribution is 5.97. The molecule has 2 rings (SSSR count). The lowest BCUT2D eigenvalue weighted by atomic mass is 10.0. The van der Waals surface area contributed by atoms with E-state index in [0.29, 0.717) is 11.3 Å². The van der Waals surface area contributed by atoms with Gasteiger partial charge in [0.2, 0.25) is 5.91 Å². The minimum absolute atomic E-state index is 0.0442. The smallest absolute Gasteiger partial charge is 0.253 e. The summed E-state index contributed by atoms with van der Waals surface area (Å²) in [6, 6.07) is 6.24. The number of pyridine rings is 1. The van der Waals surface area contributed by atoms with E-state index in [0.717, 1.165) is 0 Å². The van der Waals surface area contributed by atoms with Gasteiger partial charge in [0, 0.05) is 12.4 Å². The Morgan fingerprint density at radius 1 is 1.27 bits per heavy atom. The molecule has 0 saturated heterocycles. The van der Waals surface area contributed by atoms with Crippen LogP contribution >= 0.6 is 0 Å². The highest BCUT2D eigenvalue weighted by Gasteiger charge is 2.24. The van der Waals surface area contributed by atoms with Crippen LogP contribution in [0.4, 0.5) is 0 Å². The van der Waals surface area contributed by atoms with Gasteiger partial charge in [-0.05, 0) is 30.2 Å². The number of amides is 2. The van der Waals surface area contributed by atoms with Crippen molar-refractivity contribution in [1.29, 1.82) is 0 Å². The van der Waals surface area contributed by atoms with Crippen molar-refractivity contribution in [3.63, 3.8) is 0 Å². The third-order valence-corrected chi connectivity index (χ3v) is 3.18. The zero-order valence-corrected chi connectivity index (χ0v) is 12.6. The number of carbonyl (C=O) groups excluding carboxylic acids is 2. The van der Waals surface area contributed by atoms with Gasteiger partial charge in [-0.15, -0.1) is 0 Å². The van der Waals surface area contributed by atoms with Gasteiger partial charge < -0.3 is 15.1 Å². The van der Waals surface area contributed by atoms with E-state index in [1.165, 1.54) is 6.20 Å². The molecule has 22 heavy (non-hydrogen) atoms. The van der Waals surface area contributed by atoms with Crippen LogP contribution in [0.2, 0.25) is 0 Å². The van der Waals surface area contributed by atoms with Crippen molar-refractivity contribution in [2.24, 2.45) is 5.92 Å². The maximum Gasteiger partial charge on any atom is 0.253 e. The molecule has 2 N–H and O–H groups in total. The molecule has 0 unspecified atom stereocenters. The van der Waals surface area contributed by atoms with Crippen LogP contribution in [0.1, 0.15) is 30.0 Å². The summed E-state index contributed by atoms with van der Waals surface area (Å²) in [5.41, 5.74) is 0.423. The standard InChI is InChI=1S/C16H19N3O3/c1-11(2)14(16(21)18-10-13-6-4-8-22-13)19-15(20)12-5-3-7-17-9-12/h3-9,11,14H,10H2,1-2H3,(H,18,21)(H,19,20)/t14-/m1/s1. The summed E-state index contributed by atoms with van der Waals surface area (Å²) >= 11 is 0. The molecule has 0 aromatic carbocycles. The Morgan fingerprint density at radius 2 is 2.09 bits per heavy atom. The molecular weight excluding hydrogens is 282 g/mol. The van der Waals surface area contributed by atoms with Crippen molar-refractivity contribution in [3.05, 3.63) is 54.2 Å². The molecule has 2 aromatic rings. The van der Waals surface area contributed by atoms with Crippen LogP contribution in [0.25, 0.3) is 0 Å². The van der Waals surface area contributed by atoms with Crippen molar-refractivity contribution in [2.45, 2.75) is 26.4 Å². The highest BCUT2D eigenvalue weighted by atomic mass is 16.3. The Balaban J connectivity index is 1.97. The Kier molecular flexibility index (Phi) is 5.30. The third-order valence-electron chi connectivity index (χ3n) is 3.18. The van der Waals surface area contributed by atoms with Crippen LogP contribution in [0.3, 0.4) is 0 Å². The summed E-state index contributed by atoms with van der Waals surface area (Å²) in [6.45, 7) is 4.04. The van der Waals surface area contributed by atoms with Gasteiger partial charge in [0.25, 0.3) is 5.91 Å². The molecule has 1 atom stereocenters. The Hall–Kier alpha value is -2.63. The van der Waals surface area contributed by atoms with E-state index in [1.54, 1.807) is 36.7 Å². The predicted molar refractivity (Wildman–Crippen MR) is 80.9 cm³/mol. The summed E-state index contributed by atoms with van der Waals surface area (Å²) in [4.78, 5) is 28.3. The van der Waals surface area contributed by atoms with Crippen molar-refractivity contribution >= 4 is 11.8 Å². The highest BCUT2D eigenvalue weighted by Crippen LogP contribution is 2.06. The molecular formula is C16H19N3O3. The molecule has 0 fully saturated rings. The van der Waals surface area contributed by atoms with E-state index in [2.05, 4.69) is 15.6 Å². The van der Waals surface area contributed by atoms with E-state index in [4.69, 9.17) is 4.42 Å². The average Bonchev–Trinajstić information content (AvgIpc) is 3.04. The number of furan rings is 1. The van der Waals surface area contributed by atoms with Crippen molar-refractivity contribution in [3.8, 4) is 0 Å². The molecule has 116 valence electrons. The summed E-state index contributed by atoms with van der Waals surface area (Å²) in [7, 11) is 0. The zero-order chi connectivity index (χ0) is 15.9. The van der Waals surface area contributed by atoms with Crippen LogP contribution in [0.5, 0.6) is 0 Å². The van der Waals surface area contributed by atoms with Crippen LogP contribution in [-0.4, -0.2) is 22.8 Å². The van der Waals surface area contributed by atoms with Gasteiger partial charge in [-0.2, -0.15) is 0 Å². The van der Waals surface area contributed by atoms with E-state index in [1.807, 2.05) is 13.8 Å². The van der Waals surface area contributed by atoms with Crippen molar-refractivity contribution in [1.82, 2.24) is 15.6 Å². The summed E-state index contributed by atoms with van der Waals surface area (Å²) in [5, 5.41) is 5.50. The number of hydrogen-bond donors (Lipinski definition) is 2. The number of aromatic nitrogens is 1. The third kappa shape index (κ3) is 4.18. The first-order valence-electron chi connectivity index (χ1n) is 7.09. The summed E-state index contributed by atoms with van der Waals surface area (Å²) in [6.07, 6.45) is 4.60. The molecule has 0 spiro atoms. The molecule has 0 aliphatic carbocycles. The number of rotatable bonds is 6. The first kappa shape index (κ1) is 15.8. The molecule has 2 aromatic heterocycles. The van der Waals surface area contributed by atoms with Crippen LogP contribution in [0.15, 0.2) is 47.3 Å². The van der Waals surface area contributed by atoms with Gasteiger partial charge in [-0.25, -0.2) is 0 Å². The zero-order valence-electron chi connectivity index (χ0n) is 12.6. The van der Waals surface area contributed by atoms with Gasteiger partial charge in [-0.3, -0.25) is 14.6 Å². The number of carbonyl (C=O) groups is 2. The normalized spacial score (nSPS) is 12.0. The Bertz CT molecular complexity index is 609. The number of nitrogens with one attached hydrogen (secondary N) is 2. The second-order valence-electron chi connectivity index (χ2n) is 5.23. The molecule has 0 aliphatic heterocycles. The average molecular weight is 301 g/mol. The van der Waals surface area contributed by atoms with Gasteiger partial charge in [0.15, 0.2) is 0 Å². The molecule has 2 amide bonds. The van der Waals surface area contributed by atoms with Gasteiger partial charge in [0.05, 0.1) is 18.4 Å². The first-order valence-corrected chi connectivity index (χ1v) is 7.09. The van der Waals surface area contributed by atoms with Crippen LogP contribution in [0, 0.1) is 5.92 Å². The monoisotopic (exact) mass is 301 g/mol. The minimum Gasteiger partial charge on any atom is -0.467 e. The maximum atomic E-state index is 12.3. The molecule has 6 heteroatoms. The summed E-state index contributed by atoms with van der Waals surface area (Å²) in [5.74, 6) is 0.0512. The quantitative estimate of drug-likeness (QED) is 0.851. The largest absolute Gasteiger partial charge is 0.467 e. The SMILES string of the molecule is CC(C)[C@@H](NC(=O)c1cccnc1)C(=O)NCc1ccco1. The second-order valence-corrected chi connectivity index (χ2v) is 5.23. The van der Waals surface area contributed by atoms with Gasteiger partial charge in [-0.1, -0.05) is 13.8 Å². The fraction of sp³-hybridized carbons (Fsp3) is 0.312. The molecule has 6 nitrogen and oxygen atoms in total. The lowest BCUT2D eigenvalue weighted by Gasteiger charge is -2.21. The minimum atomic E-state index is -0.623. The second kappa shape index (κ2) is 7.40. The van der Waals surface area contributed by atoms with E-state index in [-0.39, 0.29) is 24.3 Å². The summed E-state index contributed by atoms with van der Waals surface area (Å²) < 4.78 is 5.16. The maximum absolute atomic E-state index is 12.3. The molecule has 0 saturated carbocycles. The van der Waals surface area contributed by atoms with Crippen molar-refractivity contribution < 1.29 is 14.0 Å². The van der Waals surface area contributed by atoms with E-state index >= 15 is 0 Å². The van der Waals surface area contributed by atoms with E-state index < -0.39 is 6.04 Å².